The van der Waals surface area contributed by atoms with Gasteiger partial charge in [-0.15, -0.1) is 0 Å². The number of ether oxygens (including phenoxy) is 2. The second-order valence-corrected chi connectivity index (χ2v) is 14.6. The number of carbonyl (C=O) groups is 3. The Balaban J connectivity index is 1.88. The Morgan fingerprint density at radius 3 is 2.30 bits per heavy atom. The first-order valence-corrected chi connectivity index (χ1v) is 13.3. The molecule has 30 heavy (non-hydrogen) atoms. The van der Waals surface area contributed by atoms with Gasteiger partial charge in [-0.25, -0.2) is 9.59 Å². The molecule has 2 saturated heterocycles. The minimum atomic E-state index is -2.03. The van der Waals surface area contributed by atoms with Crippen LogP contribution in [0.15, 0.2) is 22.8 Å². The number of amides is 1. The van der Waals surface area contributed by atoms with Gasteiger partial charge < -0.3 is 18.8 Å². The summed E-state index contributed by atoms with van der Waals surface area (Å²) in [5.41, 5.74) is 1.65. The van der Waals surface area contributed by atoms with Crippen LogP contribution in [0, 0.1) is 11.8 Å². The SMILES string of the molecule is COC(=O)C1=C(C(=O)OC)C2CN3C(=O)[C@H]([C@@H](C)O[Si](C)(C)C(C)(C)C)[C@H]3C2=CC1. The van der Waals surface area contributed by atoms with E-state index in [1.165, 1.54) is 14.2 Å². The fourth-order valence-electron chi connectivity index (χ4n) is 4.60. The quantitative estimate of drug-likeness (QED) is 0.286. The monoisotopic (exact) mass is 435 g/mol. The standard InChI is InChI=1S/C22H33NO6Si/c1-12(29-30(7,8)22(2,3)4)16-18-13-9-10-14(20(25)27-5)17(21(26)28-6)15(13)11-23(18)19(16)24/h9,12,15-16,18H,10-11H2,1-8H3/t12-,15?,16-,18-/m1/s1. The molecule has 0 aromatic carbocycles. The zero-order valence-electron chi connectivity index (χ0n) is 19.2. The van der Waals surface area contributed by atoms with Crippen molar-refractivity contribution in [2.24, 2.45) is 11.8 Å². The maximum Gasteiger partial charge on any atom is 0.334 e. The zero-order valence-corrected chi connectivity index (χ0v) is 20.2. The fraction of sp³-hybridized carbons (Fsp3) is 0.682. The third-order valence-corrected chi connectivity index (χ3v) is 11.8. The van der Waals surface area contributed by atoms with E-state index in [2.05, 4.69) is 33.9 Å². The Morgan fingerprint density at radius 2 is 1.77 bits per heavy atom. The Hall–Kier alpha value is -1.93. The average molecular weight is 436 g/mol. The first kappa shape index (κ1) is 22.7. The molecule has 1 amide bonds. The van der Waals surface area contributed by atoms with Crippen LogP contribution in [0.2, 0.25) is 18.1 Å². The van der Waals surface area contributed by atoms with Gasteiger partial charge in [-0.2, -0.15) is 0 Å². The second-order valence-electron chi connectivity index (χ2n) is 9.88. The molecule has 166 valence electrons. The van der Waals surface area contributed by atoms with Gasteiger partial charge in [0.05, 0.1) is 43.4 Å². The lowest BCUT2D eigenvalue weighted by atomic mass is 9.75. The first-order chi connectivity index (χ1) is 13.9. The van der Waals surface area contributed by atoms with E-state index in [1.807, 2.05) is 13.0 Å². The Labute approximate surface area is 179 Å². The van der Waals surface area contributed by atoms with Crippen LogP contribution in [-0.2, 0) is 28.3 Å². The van der Waals surface area contributed by atoms with Crippen molar-refractivity contribution in [3.05, 3.63) is 22.8 Å². The molecular weight excluding hydrogens is 402 g/mol. The largest absolute Gasteiger partial charge is 0.466 e. The third-order valence-electron chi connectivity index (χ3n) is 7.21. The summed E-state index contributed by atoms with van der Waals surface area (Å²) < 4.78 is 16.4. The molecule has 0 N–H and O–H groups in total. The molecule has 2 fully saturated rings. The van der Waals surface area contributed by atoms with Crippen molar-refractivity contribution in [2.45, 2.75) is 64.4 Å². The second kappa shape index (κ2) is 7.64. The highest BCUT2D eigenvalue weighted by atomic mass is 28.4. The van der Waals surface area contributed by atoms with Crippen molar-refractivity contribution >= 4 is 26.2 Å². The number of rotatable bonds is 5. The van der Waals surface area contributed by atoms with Crippen LogP contribution in [0.5, 0.6) is 0 Å². The van der Waals surface area contributed by atoms with Gasteiger partial charge in [0.1, 0.15) is 0 Å². The Morgan fingerprint density at radius 1 is 1.17 bits per heavy atom. The van der Waals surface area contributed by atoms with E-state index in [-0.39, 0.29) is 34.9 Å². The van der Waals surface area contributed by atoms with E-state index >= 15 is 0 Å². The van der Waals surface area contributed by atoms with Gasteiger partial charge in [-0.1, -0.05) is 26.8 Å². The predicted molar refractivity (Wildman–Crippen MR) is 114 cm³/mol. The lowest BCUT2D eigenvalue weighted by Gasteiger charge is -2.48. The van der Waals surface area contributed by atoms with Crippen LogP contribution in [0.4, 0.5) is 0 Å². The molecule has 0 bridgehead atoms. The van der Waals surface area contributed by atoms with E-state index < -0.39 is 20.3 Å². The number of methoxy groups -OCH3 is 2. The smallest absolute Gasteiger partial charge is 0.334 e. The summed E-state index contributed by atoms with van der Waals surface area (Å²) in [6.45, 7) is 13.3. The molecule has 7 nitrogen and oxygen atoms in total. The highest BCUT2D eigenvalue weighted by molar-refractivity contribution is 6.74. The minimum absolute atomic E-state index is 0.0466. The number of carbonyl (C=O) groups excluding carboxylic acids is 3. The van der Waals surface area contributed by atoms with Crippen molar-refractivity contribution in [3.63, 3.8) is 0 Å². The van der Waals surface area contributed by atoms with Gasteiger partial charge in [0, 0.05) is 12.5 Å². The summed E-state index contributed by atoms with van der Waals surface area (Å²) in [5.74, 6) is -1.63. The molecule has 3 rings (SSSR count). The highest BCUT2D eigenvalue weighted by Gasteiger charge is 2.60. The average Bonchev–Trinajstić information content (AvgIpc) is 2.99. The molecule has 4 atom stereocenters. The van der Waals surface area contributed by atoms with Crippen LogP contribution >= 0.6 is 0 Å². The molecule has 0 aromatic rings. The van der Waals surface area contributed by atoms with Crippen LogP contribution < -0.4 is 0 Å². The van der Waals surface area contributed by atoms with Crippen molar-refractivity contribution < 1.29 is 28.3 Å². The van der Waals surface area contributed by atoms with E-state index in [9.17, 15) is 14.4 Å². The number of hydrogen-bond donors (Lipinski definition) is 0. The molecule has 3 aliphatic rings. The number of allylic oxidation sites excluding steroid dienone is 1. The summed E-state index contributed by atoms with van der Waals surface area (Å²) in [7, 11) is 0.564. The Kier molecular flexibility index (Phi) is 5.79. The van der Waals surface area contributed by atoms with Gasteiger partial charge in [-0.3, -0.25) is 4.79 Å². The number of hydrogen-bond acceptors (Lipinski definition) is 6. The zero-order chi connectivity index (χ0) is 22.6. The molecule has 0 spiro atoms. The molecule has 0 saturated carbocycles. The van der Waals surface area contributed by atoms with Gasteiger partial charge in [-0.05, 0) is 37.0 Å². The number of nitrogens with zero attached hydrogens (tertiary/aromatic N) is 1. The van der Waals surface area contributed by atoms with Crippen LogP contribution in [0.25, 0.3) is 0 Å². The summed E-state index contributed by atoms with van der Waals surface area (Å²) in [5, 5.41) is 0.0479. The maximum atomic E-state index is 13.0. The number of esters is 2. The predicted octanol–water partition coefficient (Wildman–Crippen LogP) is 2.83. The van der Waals surface area contributed by atoms with Crippen LogP contribution in [0.1, 0.15) is 34.1 Å². The molecule has 2 heterocycles. The number of fused-ring (bicyclic) bond motifs is 3. The molecule has 0 aromatic heterocycles. The van der Waals surface area contributed by atoms with Crippen molar-refractivity contribution in [2.75, 3.05) is 20.8 Å². The Bertz CT molecular complexity index is 837. The third kappa shape index (κ3) is 3.43. The lowest BCUT2D eigenvalue weighted by molar-refractivity contribution is -0.157. The van der Waals surface area contributed by atoms with Crippen molar-refractivity contribution in [1.82, 2.24) is 4.90 Å². The summed E-state index contributed by atoms with van der Waals surface area (Å²) in [6.07, 6.45) is 2.06. The minimum Gasteiger partial charge on any atom is -0.466 e. The van der Waals surface area contributed by atoms with Crippen molar-refractivity contribution in [3.8, 4) is 0 Å². The van der Waals surface area contributed by atoms with Gasteiger partial charge >= 0.3 is 11.9 Å². The molecule has 2 aliphatic heterocycles. The lowest BCUT2D eigenvalue weighted by Crippen LogP contribution is -2.63. The molecule has 0 radical (unpaired) electrons. The summed E-state index contributed by atoms with van der Waals surface area (Å²) >= 11 is 0. The molecular formula is C22H33NO6Si. The molecule has 1 aliphatic carbocycles. The first-order valence-electron chi connectivity index (χ1n) is 10.4. The summed E-state index contributed by atoms with van der Waals surface area (Å²) in [4.78, 5) is 39.6. The van der Waals surface area contributed by atoms with E-state index in [0.717, 1.165) is 5.57 Å². The summed E-state index contributed by atoms with van der Waals surface area (Å²) in [6, 6.07) is -0.0962. The van der Waals surface area contributed by atoms with E-state index in [1.54, 1.807) is 4.90 Å². The molecule has 8 heteroatoms. The topological polar surface area (TPSA) is 82.1 Å². The highest BCUT2D eigenvalue weighted by Crippen LogP contribution is 2.50. The van der Waals surface area contributed by atoms with Crippen molar-refractivity contribution in [1.29, 1.82) is 0 Å². The van der Waals surface area contributed by atoms with E-state index in [0.29, 0.717) is 24.1 Å². The van der Waals surface area contributed by atoms with E-state index in [4.69, 9.17) is 13.9 Å². The van der Waals surface area contributed by atoms with Gasteiger partial charge in [0.2, 0.25) is 5.91 Å². The maximum absolute atomic E-state index is 13.0. The van der Waals surface area contributed by atoms with Gasteiger partial charge in [0.15, 0.2) is 8.32 Å². The van der Waals surface area contributed by atoms with Gasteiger partial charge in [0.25, 0.3) is 0 Å². The van der Waals surface area contributed by atoms with Crippen LogP contribution in [-0.4, -0.2) is 64.0 Å². The number of β-lactam (4-membered cyclic amide) rings is 1. The normalized spacial score (nSPS) is 27.1. The fourth-order valence-corrected chi connectivity index (χ4v) is 6.03. The molecule has 1 unspecified atom stereocenters. The van der Waals surface area contributed by atoms with Crippen LogP contribution in [0.3, 0.4) is 0 Å².